The normalized spacial score (nSPS) is 21.9. The Kier molecular flexibility index (Phi) is 3.64. The quantitative estimate of drug-likeness (QED) is 0.868. The van der Waals surface area contributed by atoms with Crippen LogP contribution in [0.15, 0.2) is 0 Å². The molecule has 2 unspecified atom stereocenters. The standard InChI is InChI=1S/C14H20N2O2/c1-4-11-10(7-13(17)18)12(5-2)16-14(15-11)9-6-8(9)3/h8-9H,4-7H2,1-3H3,(H,17,18). The molecule has 0 bridgehead atoms. The molecular formula is C14H20N2O2. The Hall–Kier alpha value is -1.45. The van der Waals surface area contributed by atoms with Crippen LogP contribution in [-0.4, -0.2) is 21.0 Å². The maximum atomic E-state index is 10.9. The number of nitrogens with zero attached hydrogens (tertiary/aromatic N) is 2. The van der Waals surface area contributed by atoms with Gasteiger partial charge in [0, 0.05) is 22.9 Å². The average Bonchev–Trinajstić information content (AvgIpc) is 3.06. The number of carboxylic acids is 1. The van der Waals surface area contributed by atoms with Crippen LogP contribution in [0.4, 0.5) is 0 Å². The lowest BCUT2D eigenvalue weighted by Gasteiger charge is -2.12. The van der Waals surface area contributed by atoms with Crippen molar-refractivity contribution in [2.24, 2.45) is 5.92 Å². The third kappa shape index (κ3) is 2.52. The van der Waals surface area contributed by atoms with Gasteiger partial charge in [-0.25, -0.2) is 9.97 Å². The second-order valence-electron chi connectivity index (χ2n) is 5.05. The van der Waals surface area contributed by atoms with E-state index in [9.17, 15) is 4.79 Å². The summed E-state index contributed by atoms with van der Waals surface area (Å²) in [6.07, 6.45) is 2.73. The van der Waals surface area contributed by atoms with Crippen molar-refractivity contribution in [1.82, 2.24) is 9.97 Å². The zero-order valence-corrected chi connectivity index (χ0v) is 11.2. The zero-order valence-electron chi connectivity index (χ0n) is 11.2. The van der Waals surface area contributed by atoms with E-state index in [1.54, 1.807) is 0 Å². The number of aromatic nitrogens is 2. The van der Waals surface area contributed by atoms with Crippen molar-refractivity contribution < 1.29 is 9.90 Å². The van der Waals surface area contributed by atoms with E-state index >= 15 is 0 Å². The maximum Gasteiger partial charge on any atom is 0.307 e. The fourth-order valence-corrected chi connectivity index (χ4v) is 2.39. The van der Waals surface area contributed by atoms with Crippen LogP contribution in [0.25, 0.3) is 0 Å². The molecule has 1 heterocycles. The van der Waals surface area contributed by atoms with Crippen LogP contribution in [0, 0.1) is 5.92 Å². The van der Waals surface area contributed by atoms with Crippen molar-refractivity contribution >= 4 is 5.97 Å². The van der Waals surface area contributed by atoms with Gasteiger partial charge < -0.3 is 5.11 Å². The maximum absolute atomic E-state index is 10.9. The van der Waals surface area contributed by atoms with Gasteiger partial charge in [0.05, 0.1) is 6.42 Å². The Morgan fingerprint density at radius 2 is 1.78 bits per heavy atom. The van der Waals surface area contributed by atoms with Crippen LogP contribution >= 0.6 is 0 Å². The molecule has 1 fully saturated rings. The molecular weight excluding hydrogens is 228 g/mol. The van der Waals surface area contributed by atoms with Gasteiger partial charge in [0.25, 0.3) is 0 Å². The van der Waals surface area contributed by atoms with Crippen molar-refractivity contribution in [3.63, 3.8) is 0 Å². The van der Waals surface area contributed by atoms with Crippen LogP contribution in [0.3, 0.4) is 0 Å². The molecule has 1 aliphatic carbocycles. The van der Waals surface area contributed by atoms with Crippen molar-refractivity contribution in [3.8, 4) is 0 Å². The van der Waals surface area contributed by atoms with Crippen LogP contribution in [0.5, 0.6) is 0 Å². The summed E-state index contributed by atoms with van der Waals surface area (Å²) in [6, 6.07) is 0. The van der Waals surface area contributed by atoms with Gasteiger partial charge in [-0.2, -0.15) is 0 Å². The molecule has 0 aliphatic heterocycles. The van der Waals surface area contributed by atoms with E-state index in [0.717, 1.165) is 42.0 Å². The highest BCUT2D eigenvalue weighted by Gasteiger charge is 2.37. The lowest BCUT2D eigenvalue weighted by Crippen LogP contribution is -2.13. The van der Waals surface area contributed by atoms with Crippen molar-refractivity contribution in [2.45, 2.75) is 52.4 Å². The molecule has 98 valence electrons. The van der Waals surface area contributed by atoms with Gasteiger partial charge in [-0.05, 0) is 25.2 Å². The molecule has 0 aromatic carbocycles. The van der Waals surface area contributed by atoms with Gasteiger partial charge >= 0.3 is 5.97 Å². The zero-order chi connectivity index (χ0) is 13.3. The summed E-state index contributed by atoms with van der Waals surface area (Å²) in [6.45, 7) is 6.25. The third-order valence-corrected chi connectivity index (χ3v) is 3.63. The summed E-state index contributed by atoms with van der Waals surface area (Å²) in [7, 11) is 0. The first-order chi connectivity index (χ1) is 8.56. The topological polar surface area (TPSA) is 63.1 Å². The summed E-state index contributed by atoms with van der Waals surface area (Å²) < 4.78 is 0. The molecule has 1 aromatic heterocycles. The number of aliphatic carboxylic acids is 1. The largest absolute Gasteiger partial charge is 0.481 e. The number of carbonyl (C=O) groups is 1. The smallest absolute Gasteiger partial charge is 0.307 e. The van der Waals surface area contributed by atoms with Crippen molar-refractivity contribution in [2.75, 3.05) is 0 Å². The Bertz CT molecular complexity index is 446. The molecule has 4 nitrogen and oxygen atoms in total. The van der Waals surface area contributed by atoms with Gasteiger partial charge in [0.15, 0.2) is 0 Å². The van der Waals surface area contributed by atoms with E-state index in [-0.39, 0.29) is 6.42 Å². The molecule has 0 saturated heterocycles. The SMILES string of the molecule is CCc1nc(C2CC2C)nc(CC)c1CC(=O)O. The molecule has 0 radical (unpaired) electrons. The average molecular weight is 248 g/mol. The summed E-state index contributed by atoms with van der Waals surface area (Å²) in [5.41, 5.74) is 2.65. The van der Waals surface area contributed by atoms with E-state index in [1.165, 1.54) is 0 Å². The summed E-state index contributed by atoms with van der Waals surface area (Å²) in [5, 5.41) is 8.98. The lowest BCUT2D eigenvalue weighted by atomic mass is 10.0. The Morgan fingerprint density at radius 3 is 2.11 bits per heavy atom. The molecule has 0 amide bonds. The molecule has 1 saturated carbocycles. The Labute approximate surface area is 107 Å². The molecule has 2 atom stereocenters. The van der Waals surface area contributed by atoms with Crippen LogP contribution < -0.4 is 0 Å². The predicted molar refractivity (Wildman–Crippen MR) is 68.6 cm³/mol. The van der Waals surface area contributed by atoms with E-state index in [4.69, 9.17) is 5.11 Å². The number of hydrogen-bond acceptors (Lipinski definition) is 3. The molecule has 4 heteroatoms. The number of rotatable bonds is 5. The first-order valence-electron chi connectivity index (χ1n) is 6.67. The molecule has 1 aromatic rings. The predicted octanol–water partition coefficient (Wildman–Crippen LogP) is 2.35. The Balaban J connectivity index is 2.41. The highest BCUT2D eigenvalue weighted by atomic mass is 16.4. The fourth-order valence-electron chi connectivity index (χ4n) is 2.39. The minimum absolute atomic E-state index is 0.0346. The van der Waals surface area contributed by atoms with Crippen LogP contribution in [-0.2, 0) is 24.1 Å². The monoisotopic (exact) mass is 248 g/mol. The van der Waals surface area contributed by atoms with Gasteiger partial charge in [-0.1, -0.05) is 20.8 Å². The van der Waals surface area contributed by atoms with Gasteiger partial charge in [0.1, 0.15) is 5.82 Å². The van der Waals surface area contributed by atoms with Crippen LogP contribution in [0.1, 0.15) is 55.9 Å². The van der Waals surface area contributed by atoms with Gasteiger partial charge in [-0.3, -0.25) is 4.79 Å². The second-order valence-corrected chi connectivity index (χ2v) is 5.05. The highest BCUT2D eigenvalue weighted by molar-refractivity contribution is 5.71. The van der Waals surface area contributed by atoms with Gasteiger partial charge in [0.2, 0.25) is 0 Å². The number of carboxylic acid groups (broad SMARTS) is 1. The van der Waals surface area contributed by atoms with E-state index < -0.39 is 5.97 Å². The second kappa shape index (κ2) is 5.04. The van der Waals surface area contributed by atoms with Crippen LogP contribution in [0.2, 0.25) is 0 Å². The molecule has 2 rings (SSSR count). The number of aryl methyl sites for hydroxylation is 2. The first kappa shape index (κ1) is 13.0. The van der Waals surface area contributed by atoms with Crippen molar-refractivity contribution in [1.29, 1.82) is 0 Å². The first-order valence-corrected chi connectivity index (χ1v) is 6.67. The minimum atomic E-state index is -0.810. The minimum Gasteiger partial charge on any atom is -0.481 e. The molecule has 18 heavy (non-hydrogen) atoms. The summed E-state index contributed by atoms with van der Waals surface area (Å²) >= 11 is 0. The molecule has 0 spiro atoms. The van der Waals surface area contributed by atoms with Crippen molar-refractivity contribution in [3.05, 3.63) is 22.8 Å². The highest BCUT2D eigenvalue weighted by Crippen LogP contribution is 2.45. The fraction of sp³-hybridized carbons (Fsp3) is 0.643. The summed E-state index contributed by atoms with van der Waals surface area (Å²) in [5.74, 6) is 1.27. The van der Waals surface area contributed by atoms with E-state index in [1.807, 2.05) is 13.8 Å². The van der Waals surface area contributed by atoms with E-state index in [2.05, 4.69) is 16.9 Å². The van der Waals surface area contributed by atoms with Gasteiger partial charge in [-0.15, -0.1) is 0 Å². The molecule has 1 N–H and O–H groups in total. The lowest BCUT2D eigenvalue weighted by molar-refractivity contribution is -0.136. The Morgan fingerprint density at radius 1 is 1.28 bits per heavy atom. The third-order valence-electron chi connectivity index (χ3n) is 3.63. The summed E-state index contributed by atoms with van der Waals surface area (Å²) in [4.78, 5) is 20.1. The number of hydrogen-bond donors (Lipinski definition) is 1. The van der Waals surface area contributed by atoms with E-state index in [0.29, 0.717) is 11.8 Å². The molecule has 1 aliphatic rings.